The summed E-state index contributed by atoms with van der Waals surface area (Å²) in [4.78, 5) is 26.9. The monoisotopic (exact) mass is 302 g/mol. The number of aryl methyl sites for hydroxylation is 1. The molecule has 106 valence electrons. The number of rotatable bonds is 7. The van der Waals surface area contributed by atoms with Crippen molar-refractivity contribution in [2.75, 3.05) is 5.75 Å². The number of carboxylic acid groups (broad SMARTS) is 1. The molecule has 1 aromatic heterocycles. The number of hydrogen-bond acceptors (Lipinski definition) is 5. The van der Waals surface area contributed by atoms with Crippen LogP contribution in [0.15, 0.2) is 5.38 Å². The fourth-order valence-corrected chi connectivity index (χ4v) is 2.90. The van der Waals surface area contributed by atoms with Gasteiger partial charge in [0.2, 0.25) is 5.91 Å². The normalized spacial score (nSPS) is 12.4. The van der Waals surface area contributed by atoms with Crippen LogP contribution in [0, 0.1) is 12.8 Å². The highest BCUT2D eigenvalue weighted by Gasteiger charge is 2.23. The predicted molar refractivity (Wildman–Crippen MR) is 77.4 cm³/mol. The standard InChI is InChI=1S/C12H18N2O3S2/c1-7(2)11(12(16)17)14-10(15)6-18-4-9-5-19-8(3)13-9/h5,7,11H,4,6H2,1-3H3,(H,14,15)(H,16,17)/t11-/m0/s1. The molecule has 2 N–H and O–H groups in total. The first kappa shape index (κ1) is 16.0. The molecular formula is C12H18N2O3S2. The number of carboxylic acids is 1. The molecule has 0 aliphatic heterocycles. The van der Waals surface area contributed by atoms with Crippen LogP contribution in [0.2, 0.25) is 0 Å². The first-order chi connectivity index (χ1) is 8.90. The molecule has 1 rings (SSSR count). The quantitative estimate of drug-likeness (QED) is 0.804. The molecule has 0 saturated carbocycles. The van der Waals surface area contributed by atoms with Gasteiger partial charge in [-0.3, -0.25) is 4.79 Å². The summed E-state index contributed by atoms with van der Waals surface area (Å²) in [6.07, 6.45) is 0. The van der Waals surface area contributed by atoms with Gasteiger partial charge in [0.25, 0.3) is 0 Å². The van der Waals surface area contributed by atoms with E-state index in [0.717, 1.165) is 10.7 Å². The van der Waals surface area contributed by atoms with E-state index in [1.54, 1.807) is 25.2 Å². The van der Waals surface area contributed by atoms with Gasteiger partial charge < -0.3 is 10.4 Å². The predicted octanol–water partition coefficient (Wildman–Crippen LogP) is 1.91. The molecule has 0 radical (unpaired) electrons. The van der Waals surface area contributed by atoms with Gasteiger partial charge in [0, 0.05) is 11.1 Å². The largest absolute Gasteiger partial charge is 0.480 e. The lowest BCUT2D eigenvalue weighted by molar-refractivity contribution is -0.142. The van der Waals surface area contributed by atoms with Gasteiger partial charge in [-0.25, -0.2) is 9.78 Å². The second-order valence-electron chi connectivity index (χ2n) is 4.48. The second kappa shape index (κ2) is 7.49. The fraction of sp³-hybridized carbons (Fsp3) is 0.583. The van der Waals surface area contributed by atoms with Crippen molar-refractivity contribution in [3.8, 4) is 0 Å². The highest BCUT2D eigenvalue weighted by molar-refractivity contribution is 7.99. The van der Waals surface area contributed by atoms with Crippen molar-refractivity contribution in [1.82, 2.24) is 10.3 Å². The van der Waals surface area contributed by atoms with Gasteiger partial charge >= 0.3 is 5.97 Å². The van der Waals surface area contributed by atoms with Gasteiger partial charge in [-0.05, 0) is 12.8 Å². The SMILES string of the molecule is Cc1nc(CSCC(=O)N[C@H](C(=O)O)C(C)C)cs1. The molecule has 0 fully saturated rings. The minimum absolute atomic E-state index is 0.132. The number of hydrogen-bond donors (Lipinski definition) is 2. The van der Waals surface area contributed by atoms with Crippen LogP contribution in [-0.2, 0) is 15.3 Å². The molecular weight excluding hydrogens is 284 g/mol. The Labute approximate surface area is 120 Å². The molecule has 0 spiro atoms. The average molecular weight is 302 g/mol. The number of aromatic nitrogens is 1. The minimum atomic E-state index is -0.997. The third-order valence-electron chi connectivity index (χ3n) is 2.40. The first-order valence-electron chi connectivity index (χ1n) is 5.91. The zero-order valence-electron chi connectivity index (χ0n) is 11.2. The molecule has 1 heterocycles. The van der Waals surface area contributed by atoms with Gasteiger partial charge in [-0.15, -0.1) is 23.1 Å². The van der Waals surface area contributed by atoms with E-state index in [9.17, 15) is 9.59 Å². The van der Waals surface area contributed by atoms with Gasteiger partial charge in [-0.1, -0.05) is 13.8 Å². The lowest BCUT2D eigenvalue weighted by Crippen LogP contribution is -2.45. The molecule has 0 unspecified atom stereocenters. The van der Waals surface area contributed by atoms with Crippen molar-refractivity contribution in [3.63, 3.8) is 0 Å². The van der Waals surface area contributed by atoms with E-state index in [-0.39, 0.29) is 17.6 Å². The molecule has 0 saturated heterocycles. The van der Waals surface area contributed by atoms with Gasteiger partial charge in [0.1, 0.15) is 6.04 Å². The van der Waals surface area contributed by atoms with Crippen molar-refractivity contribution in [2.24, 2.45) is 5.92 Å². The van der Waals surface area contributed by atoms with E-state index in [2.05, 4.69) is 10.3 Å². The number of aliphatic carboxylic acids is 1. The maximum absolute atomic E-state index is 11.6. The number of nitrogens with zero attached hydrogens (tertiary/aromatic N) is 1. The number of carbonyl (C=O) groups is 2. The lowest BCUT2D eigenvalue weighted by atomic mass is 10.1. The molecule has 1 aromatic rings. The second-order valence-corrected chi connectivity index (χ2v) is 6.53. The summed E-state index contributed by atoms with van der Waals surface area (Å²) in [6, 6.07) is -0.824. The summed E-state index contributed by atoms with van der Waals surface area (Å²) >= 11 is 3.01. The number of thiazole rings is 1. The third kappa shape index (κ3) is 5.61. The zero-order valence-corrected chi connectivity index (χ0v) is 12.8. The number of amides is 1. The average Bonchev–Trinajstić information content (AvgIpc) is 2.71. The van der Waals surface area contributed by atoms with Crippen LogP contribution in [0.25, 0.3) is 0 Å². The Morgan fingerprint density at radius 1 is 1.53 bits per heavy atom. The van der Waals surface area contributed by atoms with Crippen LogP contribution in [0.3, 0.4) is 0 Å². The minimum Gasteiger partial charge on any atom is -0.480 e. The summed E-state index contributed by atoms with van der Waals surface area (Å²) in [6.45, 7) is 5.47. The van der Waals surface area contributed by atoms with Gasteiger partial charge in [0.05, 0.1) is 16.5 Å². The Bertz CT molecular complexity index is 446. The van der Waals surface area contributed by atoms with Crippen molar-refractivity contribution in [2.45, 2.75) is 32.6 Å². The Morgan fingerprint density at radius 3 is 2.68 bits per heavy atom. The Kier molecular flexibility index (Phi) is 6.30. The van der Waals surface area contributed by atoms with E-state index in [0.29, 0.717) is 5.75 Å². The topological polar surface area (TPSA) is 79.3 Å². The van der Waals surface area contributed by atoms with Crippen molar-refractivity contribution >= 4 is 35.0 Å². The van der Waals surface area contributed by atoms with E-state index < -0.39 is 12.0 Å². The number of nitrogens with one attached hydrogen (secondary N) is 1. The summed E-state index contributed by atoms with van der Waals surface area (Å²) < 4.78 is 0. The zero-order chi connectivity index (χ0) is 14.4. The molecule has 0 aliphatic rings. The highest BCUT2D eigenvalue weighted by Crippen LogP contribution is 2.15. The molecule has 0 aromatic carbocycles. The van der Waals surface area contributed by atoms with E-state index in [4.69, 9.17) is 5.11 Å². The van der Waals surface area contributed by atoms with Crippen LogP contribution < -0.4 is 5.32 Å². The van der Waals surface area contributed by atoms with Crippen LogP contribution >= 0.6 is 23.1 Å². The number of carbonyl (C=O) groups excluding carboxylic acids is 1. The fourth-order valence-electron chi connectivity index (χ4n) is 1.45. The Balaban J connectivity index is 2.33. The molecule has 1 atom stereocenters. The molecule has 1 amide bonds. The van der Waals surface area contributed by atoms with Crippen LogP contribution in [-0.4, -0.2) is 33.8 Å². The molecule has 0 aliphatic carbocycles. The smallest absolute Gasteiger partial charge is 0.326 e. The van der Waals surface area contributed by atoms with Crippen molar-refractivity contribution in [3.05, 3.63) is 16.1 Å². The van der Waals surface area contributed by atoms with Gasteiger partial charge in [-0.2, -0.15) is 0 Å². The van der Waals surface area contributed by atoms with Crippen LogP contribution in [0.1, 0.15) is 24.5 Å². The van der Waals surface area contributed by atoms with Crippen LogP contribution in [0.4, 0.5) is 0 Å². The van der Waals surface area contributed by atoms with Crippen molar-refractivity contribution < 1.29 is 14.7 Å². The highest BCUT2D eigenvalue weighted by atomic mass is 32.2. The van der Waals surface area contributed by atoms with Crippen molar-refractivity contribution in [1.29, 1.82) is 0 Å². The lowest BCUT2D eigenvalue weighted by Gasteiger charge is -2.17. The summed E-state index contributed by atoms with van der Waals surface area (Å²) in [5.74, 6) is -0.473. The molecule has 0 bridgehead atoms. The maximum atomic E-state index is 11.6. The van der Waals surface area contributed by atoms with E-state index in [1.807, 2.05) is 12.3 Å². The summed E-state index contributed by atoms with van der Waals surface area (Å²) in [5, 5.41) is 14.5. The van der Waals surface area contributed by atoms with Crippen LogP contribution in [0.5, 0.6) is 0 Å². The van der Waals surface area contributed by atoms with E-state index in [1.165, 1.54) is 11.8 Å². The molecule has 19 heavy (non-hydrogen) atoms. The maximum Gasteiger partial charge on any atom is 0.326 e. The summed E-state index contributed by atoms with van der Waals surface area (Å²) in [7, 11) is 0. The Morgan fingerprint density at radius 2 is 2.21 bits per heavy atom. The first-order valence-corrected chi connectivity index (χ1v) is 7.94. The Hall–Kier alpha value is -1.08. The number of thioether (sulfide) groups is 1. The summed E-state index contributed by atoms with van der Waals surface area (Å²) in [5.41, 5.74) is 0.957. The van der Waals surface area contributed by atoms with E-state index >= 15 is 0 Å². The molecule has 7 heteroatoms. The van der Waals surface area contributed by atoms with Gasteiger partial charge in [0.15, 0.2) is 0 Å². The third-order valence-corrected chi connectivity index (χ3v) is 4.19. The molecule has 5 nitrogen and oxygen atoms in total.